The number of halogens is 1. The van der Waals surface area contributed by atoms with Crippen LogP contribution in [0.4, 0.5) is 0 Å². The van der Waals surface area contributed by atoms with Crippen molar-refractivity contribution in [2.75, 3.05) is 19.6 Å². The van der Waals surface area contributed by atoms with E-state index in [1.807, 2.05) is 21.7 Å². The Balaban J connectivity index is 0.00000196. The quantitative estimate of drug-likeness (QED) is 0.778. The third-order valence-corrected chi connectivity index (χ3v) is 5.72. The maximum absolute atomic E-state index is 12.4. The minimum atomic E-state index is 0. The Bertz CT molecular complexity index is 694. The molecule has 0 unspecified atom stereocenters. The van der Waals surface area contributed by atoms with Crippen LogP contribution in [-0.4, -0.2) is 46.6 Å². The Morgan fingerprint density at radius 1 is 1.31 bits per heavy atom. The smallest absolute Gasteiger partial charge is 0.227 e. The number of likely N-dealkylation sites (tertiary alicyclic amines) is 1. The molecule has 8 heteroatoms. The van der Waals surface area contributed by atoms with Gasteiger partial charge in [0, 0.05) is 42.9 Å². The van der Waals surface area contributed by atoms with Gasteiger partial charge in [-0.3, -0.25) is 4.79 Å². The predicted octanol–water partition coefficient (Wildman–Crippen LogP) is 3.14. The molecule has 1 aliphatic carbocycles. The third kappa shape index (κ3) is 5.05. The van der Waals surface area contributed by atoms with Gasteiger partial charge in [0.05, 0.1) is 0 Å². The van der Waals surface area contributed by atoms with Crippen molar-refractivity contribution in [1.82, 2.24) is 20.4 Å². The van der Waals surface area contributed by atoms with Crippen LogP contribution in [0.5, 0.6) is 0 Å². The second kappa shape index (κ2) is 8.97. The fraction of sp³-hybridized carbons (Fsp3) is 0.611. The number of carbonyl (C=O) groups is 1. The molecule has 1 saturated heterocycles. The molecule has 142 valence electrons. The highest BCUT2D eigenvalue weighted by Crippen LogP contribution is 2.28. The normalized spacial score (nSPS) is 17.9. The van der Waals surface area contributed by atoms with E-state index < -0.39 is 0 Å². The van der Waals surface area contributed by atoms with Crippen molar-refractivity contribution in [3.63, 3.8) is 0 Å². The first-order valence-corrected chi connectivity index (χ1v) is 10.1. The summed E-state index contributed by atoms with van der Waals surface area (Å²) in [6.45, 7) is 2.86. The number of piperidine rings is 1. The van der Waals surface area contributed by atoms with E-state index in [0.29, 0.717) is 30.6 Å². The highest BCUT2D eigenvalue weighted by Gasteiger charge is 2.26. The molecule has 1 N–H and O–H groups in total. The van der Waals surface area contributed by atoms with Crippen LogP contribution in [0.2, 0.25) is 0 Å². The summed E-state index contributed by atoms with van der Waals surface area (Å²) >= 11 is 1.60. The Hall–Kier alpha value is -1.44. The molecule has 0 bridgehead atoms. The second-order valence-corrected chi connectivity index (χ2v) is 7.81. The van der Waals surface area contributed by atoms with Gasteiger partial charge in [-0.05, 0) is 49.6 Å². The molecular weight excluding hydrogens is 372 g/mol. The first-order chi connectivity index (χ1) is 12.3. The van der Waals surface area contributed by atoms with E-state index in [1.165, 1.54) is 12.8 Å². The van der Waals surface area contributed by atoms with Crippen molar-refractivity contribution in [2.45, 2.75) is 44.6 Å². The summed E-state index contributed by atoms with van der Waals surface area (Å²) in [4.78, 5) is 18.8. The van der Waals surface area contributed by atoms with E-state index in [4.69, 9.17) is 4.52 Å². The number of amides is 1. The molecular formula is C18H25ClN4O2S. The molecule has 0 spiro atoms. The van der Waals surface area contributed by atoms with E-state index in [1.54, 1.807) is 11.3 Å². The van der Waals surface area contributed by atoms with Crippen molar-refractivity contribution in [2.24, 2.45) is 5.92 Å². The van der Waals surface area contributed by atoms with Gasteiger partial charge in [-0.15, -0.1) is 12.4 Å². The predicted molar refractivity (Wildman–Crippen MR) is 104 cm³/mol. The molecule has 26 heavy (non-hydrogen) atoms. The van der Waals surface area contributed by atoms with Crippen molar-refractivity contribution in [3.8, 4) is 11.4 Å². The summed E-state index contributed by atoms with van der Waals surface area (Å²) in [5.41, 5.74) is 0.965. The fourth-order valence-electron chi connectivity index (χ4n) is 3.23. The summed E-state index contributed by atoms with van der Waals surface area (Å²) in [6.07, 6.45) is 5.83. The molecule has 0 atom stereocenters. The Kier molecular flexibility index (Phi) is 6.67. The van der Waals surface area contributed by atoms with Crippen LogP contribution in [0.1, 0.15) is 38.0 Å². The molecule has 2 fully saturated rings. The number of thiophene rings is 1. The average Bonchev–Trinajstić information content (AvgIpc) is 3.11. The molecule has 0 aromatic carbocycles. The first kappa shape index (κ1) is 19.3. The lowest BCUT2D eigenvalue weighted by molar-refractivity contribution is -0.132. The highest BCUT2D eigenvalue weighted by molar-refractivity contribution is 7.08. The molecule has 1 saturated carbocycles. The summed E-state index contributed by atoms with van der Waals surface area (Å²) < 4.78 is 5.27. The van der Waals surface area contributed by atoms with Gasteiger partial charge in [0.2, 0.25) is 17.6 Å². The number of nitrogens with zero attached hydrogens (tertiary/aromatic N) is 3. The lowest BCUT2D eigenvalue weighted by Gasteiger charge is -2.32. The summed E-state index contributed by atoms with van der Waals surface area (Å²) in [6, 6.07) is 2.54. The van der Waals surface area contributed by atoms with Gasteiger partial charge >= 0.3 is 0 Å². The van der Waals surface area contributed by atoms with Gasteiger partial charge in [0.25, 0.3) is 0 Å². The van der Waals surface area contributed by atoms with Gasteiger partial charge in [0.15, 0.2) is 0 Å². The van der Waals surface area contributed by atoms with Gasteiger partial charge in [0.1, 0.15) is 0 Å². The highest BCUT2D eigenvalue weighted by atomic mass is 35.5. The Morgan fingerprint density at radius 2 is 2.12 bits per heavy atom. The zero-order valence-electron chi connectivity index (χ0n) is 14.7. The zero-order chi connectivity index (χ0) is 17.1. The number of carbonyl (C=O) groups excluding carboxylic acids is 1. The van der Waals surface area contributed by atoms with Crippen LogP contribution in [0.3, 0.4) is 0 Å². The lowest BCUT2D eigenvalue weighted by Crippen LogP contribution is -2.45. The molecule has 1 aliphatic heterocycles. The van der Waals surface area contributed by atoms with Crippen molar-refractivity contribution in [1.29, 1.82) is 0 Å². The summed E-state index contributed by atoms with van der Waals surface area (Å²) in [5.74, 6) is 2.24. The Labute approximate surface area is 163 Å². The average molecular weight is 397 g/mol. The number of aromatic nitrogens is 2. The lowest BCUT2D eigenvalue weighted by atomic mass is 10.0. The van der Waals surface area contributed by atoms with Gasteiger partial charge in [-0.2, -0.15) is 16.3 Å². The van der Waals surface area contributed by atoms with Crippen molar-refractivity contribution < 1.29 is 9.32 Å². The fourth-order valence-corrected chi connectivity index (χ4v) is 3.86. The third-order valence-electron chi connectivity index (χ3n) is 5.04. The minimum absolute atomic E-state index is 0. The Morgan fingerprint density at radius 3 is 2.81 bits per heavy atom. The van der Waals surface area contributed by atoms with Crippen LogP contribution >= 0.6 is 23.7 Å². The molecule has 3 heterocycles. The maximum atomic E-state index is 12.4. The van der Waals surface area contributed by atoms with Crippen LogP contribution in [0.25, 0.3) is 11.4 Å². The van der Waals surface area contributed by atoms with Gasteiger partial charge in [-0.1, -0.05) is 5.16 Å². The van der Waals surface area contributed by atoms with E-state index in [0.717, 1.165) is 44.0 Å². The number of aryl methyl sites for hydroxylation is 1. The maximum Gasteiger partial charge on any atom is 0.227 e. The van der Waals surface area contributed by atoms with E-state index in [-0.39, 0.29) is 18.3 Å². The number of hydrogen-bond donors (Lipinski definition) is 1. The summed E-state index contributed by atoms with van der Waals surface area (Å²) in [5, 5.41) is 11.6. The minimum Gasteiger partial charge on any atom is -0.343 e. The van der Waals surface area contributed by atoms with Crippen LogP contribution in [0, 0.1) is 5.92 Å². The van der Waals surface area contributed by atoms with Crippen LogP contribution in [-0.2, 0) is 11.2 Å². The first-order valence-electron chi connectivity index (χ1n) is 9.14. The van der Waals surface area contributed by atoms with Crippen LogP contribution in [0.15, 0.2) is 21.3 Å². The number of hydrogen-bond acceptors (Lipinski definition) is 6. The SMILES string of the molecule is Cl.O=C(CCc1nc(-c2ccsc2)no1)N1CCC(NCC2CC2)CC1. The zero-order valence-corrected chi connectivity index (χ0v) is 16.4. The van der Waals surface area contributed by atoms with E-state index in [2.05, 4.69) is 15.5 Å². The van der Waals surface area contributed by atoms with Gasteiger partial charge < -0.3 is 14.7 Å². The molecule has 4 rings (SSSR count). The topological polar surface area (TPSA) is 71.3 Å². The van der Waals surface area contributed by atoms with Crippen molar-refractivity contribution in [3.05, 3.63) is 22.7 Å². The van der Waals surface area contributed by atoms with Crippen LogP contribution < -0.4 is 5.32 Å². The molecule has 1 amide bonds. The molecule has 0 radical (unpaired) electrons. The summed E-state index contributed by atoms with van der Waals surface area (Å²) in [7, 11) is 0. The monoisotopic (exact) mass is 396 g/mol. The second-order valence-electron chi connectivity index (χ2n) is 7.03. The van der Waals surface area contributed by atoms with E-state index >= 15 is 0 Å². The largest absolute Gasteiger partial charge is 0.343 e. The van der Waals surface area contributed by atoms with Crippen molar-refractivity contribution >= 4 is 29.7 Å². The van der Waals surface area contributed by atoms with E-state index in [9.17, 15) is 4.79 Å². The van der Waals surface area contributed by atoms with Gasteiger partial charge in [-0.25, -0.2) is 0 Å². The molecule has 2 aromatic heterocycles. The molecule has 6 nitrogen and oxygen atoms in total. The number of rotatable bonds is 7. The standard InChI is InChI=1S/C18H24N4O2S.ClH/c23-17(22-8-5-15(6-9-22)19-11-13-1-2-13)4-3-16-20-18(21-24-16)14-7-10-25-12-14;/h7,10,12-13,15,19H,1-6,8-9,11H2;1H. The molecule has 2 aromatic rings. The number of nitrogens with one attached hydrogen (secondary N) is 1. The molecule has 2 aliphatic rings.